The van der Waals surface area contributed by atoms with Crippen molar-refractivity contribution in [3.8, 4) is 0 Å². The van der Waals surface area contributed by atoms with Crippen LogP contribution < -0.4 is 5.32 Å². The Hall–Kier alpha value is -2.56. The SMILES string of the molecule is COC(=O)/C=C/C(C(=O)OC)=C(/C)N[C@@H](C)c1ccccc1. The number of hydrogen-bond acceptors (Lipinski definition) is 5. The topological polar surface area (TPSA) is 64.6 Å². The summed E-state index contributed by atoms with van der Waals surface area (Å²) < 4.78 is 9.27. The summed E-state index contributed by atoms with van der Waals surface area (Å²) in [6, 6.07) is 9.83. The van der Waals surface area contributed by atoms with E-state index in [0.717, 1.165) is 5.56 Å². The van der Waals surface area contributed by atoms with Gasteiger partial charge < -0.3 is 14.8 Å². The standard InChI is InChI=1S/C17H21NO4/c1-12(14-8-6-5-7-9-14)18-13(2)15(17(20)22-4)10-11-16(19)21-3/h5-12,18H,1-4H3/b11-10+,15-13+/t12-/m0/s1. The summed E-state index contributed by atoms with van der Waals surface area (Å²) in [5.74, 6) is -1.06. The lowest BCUT2D eigenvalue weighted by Gasteiger charge is -2.17. The van der Waals surface area contributed by atoms with Gasteiger partial charge in [0.2, 0.25) is 0 Å². The Bertz CT molecular complexity index is 576. The summed E-state index contributed by atoms with van der Waals surface area (Å²) in [5, 5.41) is 3.23. The van der Waals surface area contributed by atoms with E-state index in [1.165, 1.54) is 26.4 Å². The number of carbonyl (C=O) groups excluding carboxylic acids is 2. The molecule has 0 aliphatic rings. The van der Waals surface area contributed by atoms with Gasteiger partial charge in [-0.15, -0.1) is 0 Å². The number of carbonyl (C=O) groups is 2. The fourth-order valence-corrected chi connectivity index (χ4v) is 1.90. The van der Waals surface area contributed by atoms with Crippen molar-refractivity contribution in [2.45, 2.75) is 19.9 Å². The van der Waals surface area contributed by atoms with Crippen LogP contribution in [0.1, 0.15) is 25.5 Å². The minimum absolute atomic E-state index is 0.00684. The molecule has 5 heteroatoms. The normalized spacial score (nSPS) is 13.3. The highest BCUT2D eigenvalue weighted by Crippen LogP contribution is 2.15. The predicted octanol–water partition coefficient (Wildman–Crippen LogP) is 2.51. The molecule has 0 amide bonds. The van der Waals surface area contributed by atoms with Gasteiger partial charge in [-0.3, -0.25) is 0 Å². The number of allylic oxidation sites excluding steroid dienone is 1. The molecule has 1 atom stereocenters. The molecule has 0 unspecified atom stereocenters. The highest BCUT2D eigenvalue weighted by molar-refractivity contribution is 5.94. The fourth-order valence-electron chi connectivity index (χ4n) is 1.90. The summed E-state index contributed by atoms with van der Waals surface area (Å²) in [6.45, 7) is 3.74. The number of esters is 2. The summed E-state index contributed by atoms with van der Waals surface area (Å²) in [6.07, 6.45) is 2.57. The van der Waals surface area contributed by atoms with Crippen LogP contribution in [0, 0.1) is 0 Å². The van der Waals surface area contributed by atoms with Gasteiger partial charge >= 0.3 is 11.9 Å². The number of ether oxygens (including phenoxy) is 2. The lowest BCUT2D eigenvalue weighted by atomic mass is 10.1. The van der Waals surface area contributed by atoms with Gasteiger partial charge in [0.1, 0.15) is 0 Å². The first-order valence-corrected chi connectivity index (χ1v) is 6.86. The maximum atomic E-state index is 11.8. The molecule has 1 rings (SSSR count). The van der Waals surface area contributed by atoms with Crippen molar-refractivity contribution < 1.29 is 19.1 Å². The number of methoxy groups -OCH3 is 2. The molecule has 5 nitrogen and oxygen atoms in total. The van der Waals surface area contributed by atoms with E-state index in [1.807, 2.05) is 37.3 Å². The van der Waals surface area contributed by atoms with Crippen LogP contribution in [0.4, 0.5) is 0 Å². The van der Waals surface area contributed by atoms with Gasteiger partial charge in [-0.05, 0) is 25.5 Å². The molecule has 1 N–H and O–H groups in total. The number of hydrogen-bond donors (Lipinski definition) is 1. The Kier molecular flexibility index (Phi) is 6.89. The molecule has 0 saturated carbocycles. The van der Waals surface area contributed by atoms with Crippen molar-refractivity contribution in [2.24, 2.45) is 0 Å². The van der Waals surface area contributed by atoms with E-state index < -0.39 is 11.9 Å². The summed E-state index contributed by atoms with van der Waals surface area (Å²) in [4.78, 5) is 23.0. The molecular formula is C17H21NO4. The van der Waals surface area contributed by atoms with Crippen LogP contribution in [-0.2, 0) is 19.1 Å². The first-order valence-electron chi connectivity index (χ1n) is 6.86. The van der Waals surface area contributed by atoms with Gasteiger partial charge in [0.15, 0.2) is 0 Å². The second kappa shape index (κ2) is 8.67. The third-order valence-electron chi connectivity index (χ3n) is 3.13. The molecule has 1 aromatic rings. The van der Waals surface area contributed by atoms with E-state index in [0.29, 0.717) is 5.70 Å². The van der Waals surface area contributed by atoms with E-state index in [9.17, 15) is 9.59 Å². The average Bonchev–Trinajstić information content (AvgIpc) is 2.55. The van der Waals surface area contributed by atoms with Crippen molar-refractivity contribution in [3.63, 3.8) is 0 Å². The van der Waals surface area contributed by atoms with Crippen LogP contribution in [0.3, 0.4) is 0 Å². The smallest absolute Gasteiger partial charge is 0.339 e. The molecule has 118 valence electrons. The van der Waals surface area contributed by atoms with Crippen molar-refractivity contribution >= 4 is 11.9 Å². The Morgan fingerprint density at radius 1 is 1.09 bits per heavy atom. The van der Waals surface area contributed by atoms with Gasteiger partial charge in [0.25, 0.3) is 0 Å². The van der Waals surface area contributed by atoms with E-state index in [2.05, 4.69) is 10.1 Å². The molecule has 1 aromatic carbocycles. The Labute approximate surface area is 130 Å². The molecule has 0 aromatic heterocycles. The van der Waals surface area contributed by atoms with Crippen molar-refractivity contribution in [1.29, 1.82) is 0 Å². The fraction of sp³-hybridized carbons (Fsp3) is 0.294. The van der Waals surface area contributed by atoms with Crippen LogP contribution >= 0.6 is 0 Å². The van der Waals surface area contributed by atoms with Crippen LogP contribution in [0.2, 0.25) is 0 Å². The van der Waals surface area contributed by atoms with Gasteiger partial charge in [-0.2, -0.15) is 0 Å². The Balaban J connectivity index is 2.98. The molecule has 0 aliphatic heterocycles. The highest BCUT2D eigenvalue weighted by Gasteiger charge is 2.13. The molecule has 0 radical (unpaired) electrons. The summed E-state index contributed by atoms with van der Waals surface area (Å²) in [5.41, 5.74) is 1.97. The van der Waals surface area contributed by atoms with Gasteiger partial charge in [0.05, 0.1) is 19.8 Å². The van der Waals surface area contributed by atoms with Crippen LogP contribution in [0.5, 0.6) is 0 Å². The molecule has 0 fully saturated rings. The Morgan fingerprint density at radius 2 is 1.73 bits per heavy atom. The Morgan fingerprint density at radius 3 is 2.27 bits per heavy atom. The zero-order valence-electron chi connectivity index (χ0n) is 13.3. The number of nitrogens with one attached hydrogen (secondary N) is 1. The summed E-state index contributed by atoms with van der Waals surface area (Å²) >= 11 is 0. The minimum Gasteiger partial charge on any atom is -0.466 e. The molecule has 0 saturated heterocycles. The molecule has 0 spiro atoms. The summed E-state index contributed by atoms with van der Waals surface area (Å²) in [7, 11) is 2.57. The maximum Gasteiger partial charge on any atom is 0.339 e. The van der Waals surface area contributed by atoms with Crippen molar-refractivity contribution in [3.05, 3.63) is 59.3 Å². The molecule has 0 bridgehead atoms. The first kappa shape index (κ1) is 17.5. The lowest BCUT2D eigenvalue weighted by Crippen LogP contribution is -2.20. The second-order valence-electron chi connectivity index (χ2n) is 4.66. The monoisotopic (exact) mass is 303 g/mol. The first-order chi connectivity index (χ1) is 10.5. The van der Waals surface area contributed by atoms with Crippen LogP contribution in [0.25, 0.3) is 0 Å². The lowest BCUT2D eigenvalue weighted by molar-refractivity contribution is -0.135. The number of rotatable bonds is 6. The zero-order valence-corrected chi connectivity index (χ0v) is 13.3. The van der Waals surface area contributed by atoms with E-state index >= 15 is 0 Å². The highest BCUT2D eigenvalue weighted by atomic mass is 16.5. The molecule has 0 heterocycles. The van der Waals surface area contributed by atoms with Crippen molar-refractivity contribution in [2.75, 3.05) is 14.2 Å². The van der Waals surface area contributed by atoms with E-state index in [-0.39, 0.29) is 11.6 Å². The number of benzene rings is 1. The second-order valence-corrected chi connectivity index (χ2v) is 4.66. The maximum absolute atomic E-state index is 11.8. The predicted molar refractivity (Wildman–Crippen MR) is 83.9 cm³/mol. The van der Waals surface area contributed by atoms with Gasteiger partial charge in [0, 0.05) is 17.8 Å². The molecular weight excluding hydrogens is 282 g/mol. The van der Waals surface area contributed by atoms with Crippen molar-refractivity contribution in [1.82, 2.24) is 5.32 Å². The van der Waals surface area contributed by atoms with E-state index in [1.54, 1.807) is 6.92 Å². The van der Waals surface area contributed by atoms with E-state index in [4.69, 9.17) is 4.74 Å². The quantitative estimate of drug-likeness (QED) is 0.497. The van der Waals surface area contributed by atoms with Gasteiger partial charge in [-0.25, -0.2) is 9.59 Å². The third kappa shape index (κ3) is 5.09. The minimum atomic E-state index is -0.537. The molecule has 0 aliphatic carbocycles. The van der Waals surface area contributed by atoms with Crippen LogP contribution in [0.15, 0.2) is 53.8 Å². The van der Waals surface area contributed by atoms with Gasteiger partial charge in [-0.1, -0.05) is 30.3 Å². The molecule has 22 heavy (non-hydrogen) atoms. The van der Waals surface area contributed by atoms with Crippen LogP contribution in [-0.4, -0.2) is 26.2 Å². The largest absolute Gasteiger partial charge is 0.466 e. The third-order valence-corrected chi connectivity index (χ3v) is 3.13. The average molecular weight is 303 g/mol. The zero-order chi connectivity index (χ0) is 16.5.